The van der Waals surface area contributed by atoms with Crippen LogP contribution in [0.2, 0.25) is 10.0 Å². The fraction of sp³-hybridized carbons (Fsp3) is 0.0741. The highest BCUT2D eigenvalue weighted by atomic mass is 35.5. The van der Waals surface area contributed by atoms with E-state index in [1.165, 1.54) is 66.7 Å². The molecule has 0 saturated carbocycles. The molecule has 208 valence electrons. The number of anilines is 2. The number of hydrogen-bond donors (Lipinski definition) is 2. The van der Waals surface area contributed by atoms with Crippen LogP contribution in [0, 0.1) is 0 Å². The Hall–Kier alpha value is -3.93. The van der Waals surface area contributed by atoms with E-state index in [1.54, 1.807) is 24.3 Å². The molecule has 0 saturated heterocycles. The summed E-state index contributed by atoms with van der Waals surface area (Å²) in [5.74, 6) is -0.340. The van der Waals surface area contributed by atoms with Crippen LogP contribution in [0.25, 0.3) is 0 Å². The summed E-state index contributed by atoms with van der Waals surface area (Å²) >= 11 is 12.1. The van der Waals surface area contributed by atoms with Crippen LogP contribution in [0.1, 0.15) is 10.4 Å². The van der Waals surface area contributed by atoms with E-state index in [4.69, 9.17) is 32.7 Å². The smallest absolute Gasteiger partial charge is 0.422 e. The number of rotatable bonds is 9. The SMILES string of the molecule is O=C(Nc1ccccc1OCC(F)(F)F)c1cc(Cl)ccc1NS(=O)(=O)c1ccc(Oc2ccccc2Cl)cc1. The Balaban J connectivity index is 1.54. The van der Waals surface area contributed by atoms with E-state index in [9.17, 15) is 26.4 Å². The molecular weight excluding hydrogens is 592 g/mol. The zero-order chi connectivity index (χ0) is 28.9. The van der Waals surface area contributed by atoms with Gasteiger partial charge in [-0.3, -0.25) is 9.52 Å². The Labute approximate surface area is 237 Å². The Morgan fingerprint density at radius 1 is 0.825 bits per heavy atom. The minimum absolute atomic E-state index is 0.0559. The van der Waals surface area contributed by atoms with E-state index >= 15 is 0 Å². The van der Waals surface area contributed by atoms with Gasteiger partial charge in [-0.1, -0.05) is 47.5 Å². The van der Waals surface area contributed by atoms with Crippen molar-refractivity contribution in [2.24, 2.45) is 0 Å². The lowest BCUT2D eigenvalue weighted by Gasteiger charge is -2.16. The molecule has 0 aliphatic heterocycles. The third-order valence-electron chi connectivity index (χ3n) is 5.20. The molecule has 4 aromatic carbocycles. The number of benzene rings is 4. The summed E-state index contributed by atoms with van der Waals surface area (Å²) in [4.78, 5) is 13.0. The van der Waals surface area contributed by atoms with Crippen molar-refractivity contribution in [2.45, 2.75) is 11.1 Å². The summed E-state index contributed by atoms with van der Waals surface area (Å²) < 4.78 is 76.9. The standard InChI is InChI=1S/C27H19Cl2F3N2O5S/c28-17-9-14-22(20(15-17)26(35)33-23-6-2-4-8-25(23)38-16-27(30,31)32)34-40(36,37)19-12-10-18(11-13-19)39-24-7-3-1-5-21(24)29/h1-15,34H,16H2,(H,33,35). The highest BCUT2D eigenvalue weighted by molar-refractivity contribution is 7.92. The first-order chi connectivity index (χ1) is 18.9. The van der Waals surface area contributed by atoms with Gasteiger partial charge in [0.1, 0.15) is 17.2 Å². The highest BCUT2D eigenvalue weighted by Crippen LogP contribution is 2.31. The number of carbonyl (C=O) groups excluding carboxylic acids is 1. The second-order valence-electron chi connectivity index (χ2n) is 8.15. The maximum Gasteiger partial charge on any atom is 0.422 e. The fourth-order valence-corrected chi connectivity index (χ4v) is 4.81. The zero-order valence-corrected chi connectivity index (χ0v) is 22.5. The van der Waals surface area contributed by atoms with Crippen molar-refractivity contribution in [3.05, 3.63) is 107 Å². The molecule has 40 heavy (non-hydrogen) atoms. The van der Waals surface area contributed by atoms with Gasteiger partial charge in [0.15, 0.2) is 6.61 Å². The first kappa shape index (κ1) is 29.1. The van der Waals surface area contributed by atoms with Crippen molar-refractivity contribution in [3.8, 4) is 17.2 Å². The molecule has 7 nitrogen and oxygen atoms in total. The molecule has 13 heteroatoms. The highest BCUT2D eigenvalue weighted by Gasteiger charge is 2.29. The number of nitrogens with one attached hydrogen (secondary N) is 2. The number of carbonyl (C=O) groups is 1. The lowest BCUT2D eigenvalue weighted by molar-refractivity contribution is -0.153. The van der Waals surface area contributed by atoms with E-state index in [0.717, 1.165) is 0 Å². The Morgan fingerprint density at radius 2 is 1.48 bits per heavy atom. The van der Waals surface area contributed by atoms with Crippen LogP contribution in [0.5, 0.6) is 17.2 Å². The van der Waals surface area contributed by atoms with Crippen molar-refractivity contribution < 1.29 is 35.9 Å². The van der Waals surface area contributed by atoms with Crippen molar-refractivity contribution in [2.75, 3.05) is 16.6 Å². The quantitative estimate of drug-likeness (QED) is 0.202. The Kier molecular flexibility index (Phi) is 8.77. The lowest BCUT2D eigenvalue weighted by Crippen LogP contribution is -2.21. The summed E-state index contributed by atoms with van der Waals surface area (Å²) in [6.07, 6.45) is -4.59. The lowest BCUT2D eigenvalue weighted by atomic mass is 10.1. The molecule has 4 aromatic rings. The van der Waals surface area contributed by atoms with Gasteiger partial charge in [0, 0.05) is 5.02 Å². The molecule has 0 spiro atoms. The van der Waals surface area contributed by atoms with Crippen molar-refractivity contribution >= 4 is 50.5 Å². The van der Waals surface area contributed by atoms with Crippen molar-refractivity contribution in [1.29, 1.82) is 0 Å². The number of sulfonamides is 1. The summed E-state index contributed by atoms with van der Waals surface area (Å²) in [7, 11) is -4.19. The summed E-state index contributed by atoms with van der Waals surface area (Å²) in [5.41, 5.74) is -0.355. The van der Waals surface area contributed by atoms with Crippen LogP contribution in [-0.2, 0) is 10.0 Å². The van der Waals surface area contributed by atoms with E-state index in [0.29, 0.717) is 16.5 Å². The first-order valence-electron chi connectivity index (χ1n) is 11.4. The molecule has 0 aromatic heterocycles. The van der Waals surface area contributed by atoms with Crippen LogP contribution in [-0.4, -0.2) is 27.1 Å². The molecule has 0 aliphatic carbocycles. The van der Waals surface area contributed by atoms with Crippen molar-refractivity contribution in [3.63, 3.8) is 0 Å². The van der Waals surface area contributed by atoms with Gasteiger partial charge >= 0.3 is 6.18 Å². The third-order valence-corrected chi connectivity index (χ3v) is 7.12. The molecule has 0 atom stereocenters. The number of hydrogen-bond acceptors (Lipinski definition) is 5. The molecule has 0 unspecified atom stereocenters. The van der Waals surface area contributed by atoms with Gasteiger partial charge < -0.3 is 14.8 Å². The van der Waals surface area contributed by atoms with E-state index in [1.807, 2.05) is 0 Å². The Morgan fingerprint density at radius 3 is 2.15 bits per heavy atom. The maximum absolute atomic E-state index is 13.1. The number of halogens is 5. The molecule has 2 N–H and O–H groups in total. The minimum Gasteiger partial charge on any atom is -0.482 e. The molecule has 0 bridgehead atoms. The minimum atomic E-state index is -4.59. The van der Waals surface area contributed by atoms with Crippen LogP contribution in [0.3, 0.4) is 0 Å². The summed E-state index contributed by atoms with van der Waals surface area (Å²) in [6, 6.07) is 21.6. The van der Waals surface area contributed by atoms with E-state index < -0.39 is 28.7 Å². The first-order valence-corrected chi connectivity index (χ1v) is 13.6. The number of ether oxygens (including phenoxy) is 2. The maximum atomic E-state index is 13.1. The fourth-order valence-electron chi connectivity index (χ4n) is 3.38. The second kappa shape index (κ2) is 12.1. The van der Waals surface area contributed by atoms with Gasteiger partial charge in [-0.15, -0.1) is 0 Å². The average Bonchev–Trinajstić information content (AvgIpc) is 2.90. The van der Waals surface area contributed by atoms with E-state index in [-0.39, 0.29) is 32.6 Å². The largest absolute Gasteiger partial charge is 0.482 e. The van der Waals surface area contributed by atoms with Crippen LogP contribution < -0.4 is 19.5 Å². The predicted molar refractivity (Wildman–Crippen MR) is 146 cm³/mol. The van der Waals surface area contributed by atoms with Gasteiger partial charge in [-0.25, -0.2) is 8.42 Å². The monoisotopic (exact) mass is 610 g/mol. The average molecular weight is 611 g/mol. The molecule has 0 radical (unpaired) electrons. The second-order valence-corrected chi connectivity index (χ2v) is 10.7. The molecule has 0 aliphatic rings. The normalized spacial score (nSPS) is 11.5. The third kappa shape index (κ3) is 7.59. The zero-order valence-electron chi connectivity index (χ0n) is 20.2. The van der Waals surface area contributed by atoms with Crippen molar-refractivity contribution in [1.82, 2.24) is 0 Å². The van der Waals surface area contributed by atoms with Gasteiger partial charge in [0.05, 0.1) is 26.9 Å². The molecule has 0 fully saturated rings. The van der Waals surface area contributed by atoms with Gasteiger partial charge in [0.25, 0.3) is 15.9 Å². The summed E-state index contributed by atoms with van der Waals surface area (Å²) in [5, 5.41) is 2.94. The number of amides is 1. The van der Waals surface area contributed by atoms with E-state index in [2.05, 4.69) is 10.0 Å². The number of alkyl halides is 3. The van der Waals surface area contributed by atoms with Gasteiger partial charge in [-0.05, 0) is 66.7 Å². The molecule has 0 heterocycles. The summed E-state index contributed by atoms with van der Waals surface area (Å²) in [6.45, 7) is -1.57. The topological polar surface area (TPSA) is 93.7 Å². The van der Waals surface area contributed by atoms with Gasteiger partial charge in [-0.2, -0.15) is 13.2 Å². The van der Waals surface area contributed by atoms with Crippen LogP contribution >= 0.6 is 23.2 Å². The Bertz CT molecular complexity index is 1630. The van der Waals surface area contributed by atoms with Crippen LogP contribution in [0.15, 0.2) is 95.9 Å². The van der Waals surface area contributed by atoms with Crippen LogP contribution in [0.4, 0.5) is 24.5 Å². The molecule has 4 rings (SSSR count). The van der Waals surface area contributed by atoms with Gasteiger partial charge in [0.2, 0.25) is 0 Å². The molecule has 1 amide bonds. The number of para-hydroxylation sites is 3. The molecular formula is C27H19Cl2F3N2O5S. The predicted octanol–water partition coefficient (Wildman–Crippen LogP) is 7.78.